The third kappa shape index (κ3) is 8.64. The van der Waals surface area contributed by atoms with Crippen molar-refractivity contribution in [2.45, 2.75) is 0 Å². The Bertz CT molecular complexity index is 6160. The highest BCUT2D eigenvalue weighted by Gasteiger charge is 2.26. The van der Waals surface area contributed by atoms with Crippen LogP contribution in [0, 0.1) is 0 Å². The lowest BCUT2D eigenvalue weighted by atomic mass is 10.1. The number of nitrogens with zero attached hydrogens (tertiary/aromatic N) is 11. The van der Waals surface area contributed by atoms with E-state index in [1.54, 1.807) is 0 Å². The molecule has 0 aliphatic carbocycles. The molecule has 0 atom stereocenters. The second kappa shape index (κ2) is 22.8. The highest BCUT2D eigenvalue weighted by molar-refractivity contribution is 6.14. The van der Waals surface area contributed by atoms with Crippen molar-refractivity contribution in [3.63, 3.8) is 0 Å². The Morgan fingerprint density at radius 3 is 0.588 bits per heavy atom. The van der Waals surface area contributed by atoms with Gasteiger partial charge in [0.15, 0.2) is 11.6 Å². The molecule has 0 aliphatic rings. The van der Waals surface area contributed by atoms with Crippen molar-refractivity contribution in [2.24, 2.45) is 0 Å². The summed E-state index contributed by atoms with van der Waals surface area (Å²) >= 11 is 0. The van der Waals surface area contributed by atoms with E-state index < -0.39 is 0 Å². The van der Waals surface area contributed by atoms with Crippen molar-refractivity contribution in [2.75, 3.05) is 0 Å². The summed E-state index contributed by atoms with van der Waals surface area (Å²) in [4.78, 5) is 27.0. The van der Waals surface area contributed by atoms with Crippen LogP contribution in [0.1, 0.15) is 0 Å². The number of para-hydroxylation sites is 14. The van der Waals surface area contributed by atoms with E-state index in [-0.39, 0.29) is 0 Å². The van der Waals surface area contributed by atoms with Crippen LogP contribution in [0.3, 0.4) is 0 Å². The lowest BCUT2D eigenvalue weighted by Gasteiger charge is -2.16. The SMILES string of the molecule is c1ccc(-n2c3ccccc3c3ccccc32)c(-c2nc(-n3c4ccccc4c4ccccc43)cc(-n3c4ccccc4c4ccccc43)n2)c1.c1ccc(-n2c3ccccc3c3ccccc32)c(-c2nc(-n3c4ccccc4c4ccccc43)nc(-n3c4ccccc4c4ccccc43)n2)c1. The Morgan fingerprint density at radius 2 is 0.343 bits per heavy atom. The van der Waals surface area contributed by atoms with Crippen LogP contribution in [-0.2, 0) is 0 Å². The van der Waals surface area contributed by atoms with E-state index in [2.05, 4.69) is 373 Å². The molecule has 0 amide bonds. The van der Waals surface area contributed by atoms with Gasteiger partial charge in [-0.1, -0.05) is 243 Å². The van der Waals surface area contributed by atoms with Crippen molar-refractivity contribution in [3.8, 4) is 57.7 Å². The monoisotopic (exact) mass is 1300 g/mol. The minimum Gasteiger partial charge on any atom is -0.309 e. The molecular formula is C91H57N11. The molecule has 0 bridgehead atoms. The minimum absolute atomic E-state index is 0.561. The number of hydrogen-bond acceptors (Lipinski definition) is 5. The van der Waals surface area contributed by atoms with Crippen LogP contribution in [0.2, 0.25) is 0 Å². The van der Waals surface area contributed by atoms with Gasteiger partial charge in [-0.15, -0.1) is 0 Å². The Kier molecular flexibility index (Phi) is 12.7. The predicted octanol–water partition coefficient (Wildman–Crippen LogP) is 22.3. The first-order valence-electron chi connectivity index (χ1n) is 34.4. The Balaban J connectivity index is 0.000000133. The highest BCUT2D eigenvalue weighted by Crippen LogP contribution is 2.42. The second-order valence-electron chi connectivity index (χ2n) is 25.9. The molecule has 102 heavy (non-hydrogen) atoms. The largest absolute Gasteiger partial charge is 0.309 e. The van der Waals surface area contributed by atoms with Crippen molar-refractivity contribution >= 4 is 131 Å². The van der Waals surface area contributed by atoms with Gasteiger partial charge in [0.25, 0.3) is 0 Å². The van der Waals surface area contributed by atoms with E-state index in [4.69, 9.17) is 24.9 Å². The molecule has 0 saturated heterocycles. The van der Waals surface area contributed by atoms with E-state index in [1.165, 1.54) is 43.1 Å². The maximum Gasteiger partial charge on any atom is 0.240 e. The van der Waals surface area contributed by atoms with E-state index >= 15 is 0 Å². The van der Waals surface area contributed by atoms with Gasteiger partial charge in [0.05, 0.1) is 77.6 Å². The van der Waals surface area contributed by atoms with Gasteiger partial charge in [0, 0.05) is 81.8 Å². The molecule has 11 nitrogen and oxygen atoms in total. The molecule has 0 fully saturated rings. The van der Waals surface area contributed by atoms with Crippen LogP contribution in [0.5, 0.6) is 0 Å². The Morgan fingerprint density at radius 1 is 0.157 bits per heavy atom. The number of aromatic nitrogens is 11. The summed E-state index contributed by atoms with van der Waals surface area (Å²) in [7, 11) is 0. The molecular weight excluding hydrogens is 1250 g/mol. The van der Waals surface area contributed by atoms with Crippen molar-refractivity contribution in [1.82, 2.24) is 52.3 Å². The molecule has 0 N–H and O–H groups in total. The van der Waals surface area contributed by atoms with Crippen LogP contribution in [0.25, 0.3) is 189 Å². The third-order valence-electron chi connectivity index (χ3n) is 20.4. The maximum absolute atomic E-state index is 5.47. The molecule has 11 heteroatoms. The number of benzene rings is 14. The van der Waals surface area contributed by atoms with E-state index in [1.807, 2.05) is 0 Å². The van der Waals surface area contributed by atoms with E-state index in [0.29, 0.717) is 23.5 Å². The fourth-order valence-electron chi connectivity index (χ4n) is 16.1. The lowest BCUT2D eigenvalue weighted by Crippen LogP contribution is -2.11. The molecule has 0 spiro atoms. The summed E-state index contributed by atoms with van der Waals surface area (Å²) in [6.07, 6.45) is 0. The van der Waals surface area contributed by atoms with Gasteiger partial charge in [0.1, 0.15) is 11.6 Å². The standard InChI is InChI=1S/C46H29N5.C45H28N6/c1-8-22-37-30(15-1)31-16-2-9-23-38(31)49(37)43-28-14-7-21-36(43)46-47-44(50-39-24-10-3-17-32(39)33-18-4-11-25-40(33)50)29-45(48-46)51-41-26-12-5-19-34(41)35-20-6-13-27-42(35)51;1-8-22-36-29(15-1)30-16-2-9-23-37(30)49(36)42-28-14-7-21-35(42)43-46-44(50-38-24-10-3-17-31(38)32-18-4-11-25-39(32)50)48-45(47-43)51-40-26-12-5-19-33(40)34-20-6-13-27-41(34)51/h1-29H;1-28H. The van der Waals surface area contributed by atoms with Gasteiger partial charge in [-0.25, -0.2) is 9.97 Å². The fraction of sp³-hybridized carbons (Fsp3) is 0. The Labute approximate surface area is 583 Å². The van der Waals surface area contributed by atoms with Crippen LogP contribution < -0.4 is 0 Å². The van der Waals surface area contributed by atoms with Crippen LogP contribution in [0.15, 0.2) is 346 Å². The van der Waals surface area contributed by atoms with Crippen LogP contribution >= 0.6 is 0 Å². The summed E-state index contributed by atoms with van der Waals surface area (Å²) in [5.41, 5.74) is 17.0. The zero-order chi connectivity index (χ0) is 66.9. The Hall–Kier alpha value is -14.0. The normalized spacial score (nSPS) is 11.9. The molecule has 0 aliphatic heterocycles. The zero-order valence-corrected chi connectivity index (χ0v) is 54.8. The molecule has 0 saturated carbocycles. The van der Waals surface area contributed by atoms with Gasteiger partial charge < -0.3 is 9.13 Å². The molecule has 0 unspecified atom stereocenters. The molecule has 8 aromatic heterocycles. The van der Waals surface area contributed by atoms with Gasteiger partial charge in [-0.2, -0.15) is 15.0 Å². The second-order valence-corrected chi connectivity index (χ2v) is 25.9. The molecule has 8 heterocycles. The zero-order valence-electron chi connectivity index (χ0n) is 54.8. The van der Waals surface area contributed by atoms with Crippen LogP contribution in [0.4, 0.5) is 0 Å². The predicted molar refractivity (Wildman–Crippen MR) is 419 cm³/mol. The first-order valence-corrected chi connectivity index (χ1v) is 34.4. The molecule has 22 rings (SSSR count). The first-order chi connectivity index (χ1) is 50.7. The fourth-order valence-corrected chi connectivity index (χ4v) is 16.1. The van der Waals surface area contributed by atoms with Gasteiger partial charge in [0.2, 0.25) is 11.9 Å². The smallest absolute Gasteiger partial charge is 0.240 e. The van der Waals surface area contributed by atoms with E-state index in [9.17, 15) is 0 Å². The van der Waals surface area contributed by atoms with Crippen LogP contribution in [-0.4, -0.2) is 52.3 Å². The summed E-state index contributed by atoms with van der Waals surface area (Å²) in [6.45, 7) is 0. The minimum atomic E-state index is 0.561. The molecule has 476 valence electrons. The van der Waals surface area contributed by atoms with Crippen molar-refractivity contribution < 1.29 is 0 Å². The topological polar surface area (TPSA) is 94.0 Å². The van der Waals surface area contributed by atoms with Gasteiger partial charge >= 0.3 is 0 Å². The summed E-state index contributed by atoms with van der Waals surface area (Å²) < 4.78 is 13.6. The molecule has 14 aromatic carbocycles. The highest BCUT2D eigenvalue weighted by atomic mass is 15.3. The van der Waals surface area contributed by atoms with Gasteiger partial charge in [-0.3, -0.25) is 18.3 Å². The number of fused-ring (bicyclic) bond motifs is 18. The quantitative estimate of drug-likeness (QED) is 0.151. The van der Waals surface area contributed by atoms with Crippen molar-refractivity contribution in [3.05, 3.63) is 346 Å². The number of rotatable bonds is 8. The maximum atomic E-state index is 5.47. The molecule has 0 radical (unpaired) electrons. The summed E-state index contributed by atoms with van der Waals surface area (Å²) in [5.74, 6) is 4.00. The van der Waals surface area contributed by atoms with Gasteiger partial charge in [-0.05, 0) is 97.1 Å². The summed E-state index contributed by atoms with van der Waals surface area (Å²) in [5, 5.41) is 14.2. The number of hydrogen-bond donors (Lipinski definition) is 0. The third-order valence-corrected chi connectivity index (χ3v) is 20.4. The summed E-state index contributed by atoms with van der Waals surface area (Å²) in [6, 6.07) is 122. The average Bonchev–Trinajstić information content (AvgIpc) is 1.56. The first kappa shape index (κ1) is 57.1. The lowest BCUT2D eigenvalue weighted by molar-refractivity contribution is 0.892. The molecule has 22 aromatic rings. The van der Waals surface area contributed by atoms with Crippen molar-refractivity contribution in [1.29, 1.82) is 0 Å². The average molecular weight is 1300 g/mol. The van der Waals surface area contributed by atoms with E-state index in [0.717, 1.165) is 122 Å².